The summed E-state index contributed by atoms with van der Waals surface area (Å²) in [6.45, 7) is 78.5. The first-order chi connectivity index (χ1) is 49.2. The van der Waals surface area contributed by atoms with Crippen molar-refractivity contribution in [2.45, 2.75) is 296 Å². The average Bonchev–Trinajstić information content (AvgIpc) is 0.767. The molecule has 9 rings (SSSR count). The molecule has 0 aliphatic heterocycles. The first kappa shape index (κ1) is 85.1. The van der Waals surface area contributed by atoms with E-state index >= 15 is 4.57 Å². The lowest BCUT2D eigenvalue weighted by molar-refractivity contribution is 0.387. The van der Waals surface area contributed by atoms with Gasteiger partial charge in [0.15, 0.2) is 8.15 Å². The third-order valence-corrected chi connectivity index (χ3v) is 26.0. The summed E-state index contributed by atoms with van der Waals surface area (Å²) < 4.78 is 53.0. The monoisotopic (exact) mass is 1510 g/mol. The fraction of sp³-hybridized carbons (Fsp3) is 0.455. The second-order valence-corrected chi connectivity index (χ2v) is 46.1. The molecular formula is C99H131O6P3. The molecule has 0 heterocycles. The van der Waals surface area contributed by atoms with E-state index in [4.69, 9.17) is 22.6 Å². The molecule has 108 heavy (non-hydrogen) atoms. The fourth-order valence-corrected chi connectivity index (χ4v) is 19.6. The van der Waals surface area contributed by atoms with E-state index in [1.54, 1.807) is 0 Å². The molecule has 578 valence electrons. The highest BCUT2D eigenvalue weighted by Gasteiger charge is 2.39. The summed E-state index contributed by atoms with van der Waals surface area (Å²) in [4.78, 5) is 0. The lowest BCUT2D eigenvalue weighted by atomic mass is 9.78. The molecule has 0 bridgehead atoms. The van der Waals surface area contributed by atoms with E-state index in [1.807, 2.05) is 24.3 Å². The zero-order valence-corrected chi connectivity index (χ0v) is 75.5. The Kier molecular flexibility index (Phi) is 23.9. The summed E-state index contributed by atoms with van der Waals surface area (Å²) in [7, 11) is -7.32. The molecule has 0 spiro atoms. The summed E-state index contributed by atoms with van der Waals surface area (Å²) in [5.41, 5.74) is 20.0. The highest BCUT2D eigenvalue weighted by molar-refractivity contribution is 7.68. The van der Waals surface area contributed by atoms with Crippen molar-refractivity contribution in [2.75, 3.05) is 0 Å². The van der Waals surface area contributed by atoms with Crippen LogP contribution in [0.2, 0.25) is 0 Å². The normalized spacial score (nSPS) is 13.6. The van der Waals surface area contributed by atoms with Gasteiger partial charge < -0.3 is 22.6 Å². The van der Waals surface area contributed by atoms with E-state index in [-0.39, 0.29) is 54.1 Å². The maximum atomic E-state index is 16.5. The molecule has 0 aromatic heterocycles. The quantitative estimate of drug-likeness (QED) is 0.0899. The molecule has 0 saturated heterocycles. The summed E-state index contributed by atoms with van der Waals surface area (Å²) >= 11 is 0. The van der Waals surface area contributed by atoms with Crippen molar-refractivity contribution in [1.82, 2.24) is 0 Å². The van der Waals surface area contributed by atoms with Crippen molar-refractivity contribution >= 4 is 45.3 Å². The van der Waals surface area contributed by atoms with Crippen LogP contribution in [-0.2, 0) is 58.7 Å². The summed E-state index contributed by atoms with van der Waals surface area (Å²) in [5.74, 6) is 3.71. The van der Waals surface area contributed by atoms with Gasteiger partial charge in [0.05, 0.1) is 10.6 Å². The van der Waals surface area contributed by atoms with Gasteiger partial charge in [0.25, 0.3) is 0 Å². The van der Waals surface area contributed by atoms with Gasteiger partial charge in [-0.2, -0.15) is 0 Å². The van der Waals surface area contributed by atoms with Crippen LogP contribution in [0.15, 0.2) is 158 Å². The van der Waals surface area contributed by atoms with Gasteiger partial charge in [0.2, 0.25) is 0 Å². The molecule has 0 radical (unpaired) electrons. The van der Waals surface area contributed by atoms with Crippen molar-refractivity contribution in [3.63, 3.8) is 0 Å². The van der Waals surface area contributed by atoms with Gasteiger partial charge in [-0.25, -0.2) is 4.57 Å². The van der Waals surface area contributed by atoms with E-state index < -0.39 is 24.1 Å². The van der Waals surface area contributed by atoms with Crippen molar-refractivity contribution < 1.29 is 27.2 Å². The van der Waals surface area contributed by atoms with Gasteiger partial charge in [-0.05, 0) is 221 Å². The minimum Gasteiger partial charge on any atom is -0.464 e. The molecule has 0 saturated carbocycles. The fourth-order valence-electron chi connectivity index (χ4n) is 15.0. The van der Waals surface area contributed by atoms with E-state index in [0.717, 1.165) is 88.8 Å². The Morgan fingerprint density at radius 3 is 0.657 bits per heavy atom. The molecule has 0 N–H and O–H groups in total. The smallest absolute Gasteiger partial charge is 0.462 e. The Morgan fingerprint density at radius 2 is 0.426 bits per heavy atom. The van der Waals surface area contributed by atoms with Crippen LogP contribution in [0.4, 0.5) is 0 Å². The molecule has 0 aliphatic carbocycles. The topological polar surface area (TPSA) is 63.2 Å². The van der Waals surface area contributed by atoms with Crippen LogP contribution in [0.5, 0.6) is 28.7 Å². The number of hydrogen-bond donors (Lipinski definition) is 0. The van der Waals surface area contributed by atoms with E-state index in [2.05, 4.69) is 376 Å². The van der Waals surface area contributed by atoms with Gasteiger partial charge in [-0.15, -0.1) is 0 Å². The van der Waals surface area contributed by atoms with Crippen LogP contribution < -0.4 is 43.8 Å². The van der Waals surface area contributed by atoms with Crippen molar-refractivity contribution in [3.8, 4) is 51.0 Å². The molecular weight excluding hydrogens is 1380 g/mol. The molecule has 0 aliphatic rings. The van der Waals surface area contributed by atoms with E-state index in [0.29, 0.717) is 16.8 Å². The van der Waals surface area contributed by atoms with Gasteiger partial charge in [-0.3, -0.25) is 0 Å². The van der Waals surface area contributed by atoms with Crippen LogP contribution in [0, 0.1) is 34.6 Å². The number of benzene rings is 9. The first-order valence-corrected chi connectivity index (χ1v) is 43.0. The molecule has 9 aromatic rings. The maximum absolute atomic E-state index is 16.5. The molecule has 0 fully saturated rings. The van der Waals surface area contributed by atoms with Crippen LogP contribution in [0.1, 0.15) is 291 Å². The van der Waals surface area contributed by atoms with Gasteiger partial charge in [0, 0.05) is 38.4 Å². The van der Waals surface area contributed by atoms with Crippen LogP contribution in [0.3, 0.4) is 0 Å². The molecule has 6 nitrogen and oxygen atoms in total. The third-order valence-electron chi connectivity index (χ3n) is 20.8. The van der Waals surface area contributed by atoms with Gasteiger partial charge >= 0.3 is 16.0 Å². The van der Waals surface area contributed by atoms with Gasteiger partial charge in [0.1, 0.15) is 28.7 Å². The SMILES string of the molecule is Cc1cc(OP(Oc2cc(C)c(C(C)(C)C)cc2C(C)(C)C)c2ccc(-c3ccc(P(Oc4cc(C)c(C(C)(C)C)cc4C(C)(C)C)c4ccc(-c5ccc(P(=O)(Oc6cc(C)c(C(C)(C)C)cc6C(C)(C)C)Oc6cc(C)c(C(C)(C)C)cc6C(C)(C)C)cc5)cc4)cc3)cc2)c(C(C)(C)C)cc1C(C)(C)C. The molecule has 9 heteroatoms. The lowest BCUT2D eigenvalue weighted by Crippen LogP contribution is -2.22. The Balaban J connectivity index is 1.12. The van der Waals surface area contributed by atoms with Crippen molar-refractivity contribution in [3.05, 3.63) is 241 Å². The predicted molar refractivity (Wildman–Crippen MR) is 470 cm³/mol. The lowest BCUT2D eigenvalue weighted by Gasteiger charge is -2.32. The largest absolute Gasteiger partial charge is 0.464 e. The first-order valence-electron chi connectivity index (χ1n) is 39.1. The molecule has 1 atom stereocenters. The minimum atomic E-state index is -4.20. The Bertz CT molecular complexity index is 4620. The number of rotatable bonds is 16. The second-order valence-electron chi connectivity index (χ2n) is 41.0. The molecule has 9 aromatic carbocycles. The molecule has 1 unspecified atom stereocenters. The summed E-state index contributed by atoms with van der Waals surface area (Å²) in [6, 6.07) is 57.1. The zero-order valence-electron chi connectivity index (χ0n) is 72.8. The Morgan fingerprint density at radius 1 is 0.231 bits per heavy atom. The number of hydrogen-bond acceptors (Lipinski definition) is 6. The Hall–Kier alpha value is -6.93. The van der Waals surface area contributed by atoms with E-state index in [1.165, 1.54) is 50.1 Å². The molecule has 0 amide bonds. The standard InChI is InChI=1S/C99H131O6P3/c1-62-52-85(80(95(21,22)23)57-75(62)90(6,7)8)101-106(71-44-36-67(37-45-71)69-40-48-73(49-41-69)107(102-86-53-63(2)76(91(9,10)11)58-81(86)96(24,25)26)103-87-54-64(3)77(92(12,13)14)59-82(87)97(27,28)29)72-46-38-68(39-47-72)70-42-50-74(51-43-70)108(100,104-88-55-65(4)78(93(15,16)17)60-83(88)98(30,31)32)105-89-56-66(5)79(94(18,19)20)61-84(89)99(33,34)35/h36-61H,1-35H3. The number of aryl methyl sites for hydroxylation is 5. The van der Waals surface area contributed by atoms with Crippen molar-refractivity contribution in [2.24, 2.45) is 0 Å². The van der Waals surface area contributed by atoms with E-state index in [9.17, 15) is 0 Å². The summed E-state index contributed by atoms with van der Waals surface area (Å²) in [5, 5.41) is 3.60. The van der Waals surface area contributed by atoms with Crippen molar-refractivity contribution in [1.29, 1.82) is 0 Å². The minimum absolute atomic E-state index is 0.0445. The highest BCUT2D eigenvalue weighted by atomic mass is 31.2. The third kappa shape index (κ3) is 19.5. The predicted octanol–water partition coefficient (Wildman–Crippen LogP) is 28.0. The average molecular weight is 1510 g/mol. The zero-order chi connectivity index (χ0) is 80.7. The second kappa shape index (κ2) is 30.3. The van der Waals surface area contributed by atoms with Crippen LogP contribution >= 0.6 is 24.1 Å². The maximum Gasteiger partial charge on any atom is 0.462 e. The highest BCUT2D eigenvalue weighted by Crippen LogP contribution is 2.55. The van der Waals surface area contributed by atoms with Crippen LogP contribution in [0.25, 0.3) is 22.3 Å². The Labute approximate surface area is 657 Å². The summed E-state index contributed by atoms with van der Waals surface area (Å²) in [6.07, 6.45) is 0. The van der Waals surface area contributed by atoms with Gasteiger partial charge in [-0.1, -0.05) is 311 Å². The van der Waals surface area contributed by atoms with Crippen LogP contribution in [-0.4, -0.2) is 0 Å².